The van der Waals surface area contributed by atoms with Gasteiger partial charge in [0.25, 0.3) is 0 Å². The van der Waals surface area contributed by atoms with Gasteiger partial charge in [0.15, 0.2) is 0 Å². The molecule has 0 radical (unpaired) electrons. The Bertz CT molecular complexity index is 4060. The molecule has 14 rings (SSSR count). The molecule has 0 unspecified atom stereocenters. The Morgan fingerprint density at radius 1 is 0.234 bits per heavy atom. The maximum atomic E-state index is 2.49. The van der Waals surface area contributed by atoms with Crippen molar-refractivity contribution in [3.8, 4) is 67.0 Å². The molecule has 2 heteroatoms. The van der Waals surface area contributed by atoms with E-state index in [1.165, 1.54) is 126 Å². The van der Waals surface area contributed by atoms with Crippen LogP contribution in [-0.4, -0.2) is 9.13 Å². The van der Waals surface area contributed by atoms with Crippen LogP contribution in [0.15, 0.2) is 231 Å². The largest absolute Gasteiger partial charge is 0.309 e. The van der Waals surface area contributed by atoms with Crippen molar-refractivity contribution < 1.29 is 0 Å². The lowest BCUT2D eigenvalue weighted by atomic mass is 9.91. The predicted molar refractivity (Wildman–Crippen MR) is 271 cm³/mol. The minimum atomic E-state index is 1.14. The normalized spacial score (nSPS) is 12.1. The Morgan fingerprint density at radius 3 is 1.59 bits per heavy atom. The Hall–Kier alpha value is -8.46. The summed E-state index contributed by atoms with van der Waals surface area (Å²) in [6.07, 6.45) is 0. The molecule has 2 nitrogen and oxygen atoms in total. The first kappa shape index (κ1) is 35.2. The molecule has 64 heavy (non-hydrogen) atoms. The van der Waals surface area contributed by atoms with Crippen molar-refractivity contribution in [3.63, 3.8) is 0 Å². The first-order valence-corrected chi connectivity index (χ1v) is 22.2. The number of fused-ring (bicyclic) bond motifs is 11. The fraction of sp³-hybridized carbons (Fsp3) is 0. The van der Waals surface area contributed by atoms with E-state index in [2.05, 4.69) is 240 Å². The fourth-order valence-corrected chi connectivity index (χ4v) is 11.0. The van der Waals surface area contributed by atoms with Crippen molar-refractivity contribution >= 4 is 65.2 Å². The van der Waals surface area contributed by atoms with Gasteiger partial charge in [0.2, 0.25) is 0 Å². The van der Waals surface area contributed by atoms with Crippen LogP contribution in [0.3, 0.4) is 0 Å². The lowest BCUT2D eigenvalue weighted by Crippen LogP contribution is -1.96. The Balaban J connectivity index is 0.926. The van der Waals surface area contributed by atoms with E-state index in [0.717, 1.165) is 5.69 Å². The summed E-state index contributed by atoms with van der Waals surface area (Å²) >= 11 is 0. The maximum absolute atomic E-state index is 2.49. The number of hydrogen-bond acceptors (Lipinski definition) is 0. The molecule has 2 heterocycles. The van der Waals surface area contributed by atoms with Crippen LogP contribution in [0.1, 0.15) is 0 Å². The summed E-state index contributed by atoms with van der Waals surface area (Å²) in [4.78, 5) is 0. The Labute approximate surface area is 370 Å². The molecule has 13 aromatic rings. The molecule has 0 spiro atoms. The average molecular weight is 811 g/mol. The van der Waals surface area contributed by atoms with Gasteiger partial charge >= 0.3 is 0 Å². The second-order valence-corrected chi connectivity index (χ2v) is 17.2. The molecule has 0 atom stereocenters. The maximum Gasteiger partial charge on any atom is 0.0619 e. The summed E-state index contributed by atoms with van der Waals surface area (Å²) < 4.78 is 4.88. The second-order valence-electron chi connectivity index (χ2n) is 17.2. The van der Waals surface area contributed by atoms with Crippen LogP contribution in [0.2, 0.25) is 0 Å². The number of rotatable bonds is 5. The van der Waals surface area contributed by atoms with Crippen LogP contribution in [0, 0.1) is 0 Å². The van der Waals surface area contributed by atoms with Crippen LogP contribution >= 0.6 is 0 Å². The number of nitrogens with zero attached hydrogens (tertiary/aromatic N) is 2. The fourth-order valence-electron chi connectivity index (χ4n) is 11.0. The molecule has 1 aliphatic rings. The van der Waals surface area contributed by atoms with E-state index >= 15 is 0 Å². The van der Waals surface area contributed by atoms with E-state index in [9.17, 15) is 0 Å². The average Bonchev–Trinajstić information content (AvgIpc) is 4.00. The zero-order chi connectivity index (χ0) is 41.9. The predicted octanol–water partition coefficient (Wildman–Crippen LogP) is 16.8. The molecular weight excluding hydrogens is 773 g/mol. The molecule has 0 amide bonds. The van der Waals surface area contributed by atoms with Crippen LogP contribution < -0.4 is 0 Å². The molecule has 0 N–H and O–H groups in total. The lowest BCUT2D eigenvalue weighted by Gasteiger charge is -2.15. The molecule has 0 saturated carbocycles. The van der Waals surface area contributed by atoms with Crippen molar-refractivity contribution in [2.75, 3.05) is 0 Å². The molecule has 0 saturated heterocycles. The number of para-hydroxylation sites is 2. The molecule has 296 valence electrons. The van der Waals surface area contributed by atoms with Gasteiger partial charge in [0.05, 0.1) is 22.1 Å². The van der Waals surface area contributed by atoms with Gasteiger partial charge in [-0.3, -0.25) is 0 Å². The standard InChI is InChI=1S/C62H38N2/c1-2-17-45(18-3-1)63-58-26-9-8-23-51(58)56-36-41(29-33-59(56)63)42-30-34-60-57(37-42)54-32-27-39-13-4-5-22-49(39)62(54)64(60)46-19-10-16-43(35-46)47-20-6-7-21-48(47)44-28-31-50-52-24-11-14-40-15-12-25-53(61(40)52)55(50)38-44/h1-38H. The van der Waals surface area contributed by atoms with Gasteiger partial charge in [-0.1, -0.05) is 170 Å². The molecule has 1 aliphatic carbocycles. The molecule has 11 aromatic carbocycles. The van der Waals surface area contributed by atoms with Crippen molar-refractivity contribution in [2.45, 2.75) is 0 Å². The van der Waals surface area contributed by atoms with E-state index in [0.29, 0.717) is 0 Å². The van der Waals surface area contributed by atoms with Crippen molar-refractivity contribution in [2.24, 2.45) is 0 Å². The SMILES string of the molecule is c1ccc(-n2c3ccccc3c3cc(-c4ccc5c(c4)c4ccc6ccccc6c4n5-c4cccc(-c5ccccc5-c5ccc6c(c5)-c5cccc7cccc-6c57)c4)ccc32)cc1. The Kier molecular flexibility index (Phi) is 7.43. The summed E-state index contributed by atoms with van der Waals surface area (Å²) in [5.41, 5.74) is 19.7. The highest BCUT2D eigenvalue weighted by Gasteiger charge is 2.23. The highest BCUT2D eigenvalue weighted by Crippen LogP contribution is 2.49. The minimum Gasteiger partial charge on any atom is -0.309 e. The zero-order valence-corrected chi connectivity index (χ0v) is 34.8. The first-order chi connectivity index (χ1) is 31.7. The van der Waals surface area contributed by atoms with Crippen molar-refractivity contribution in [3.05, 3.63) is 231 Å². The van der Waals surface area contributed by atoms with Gasteiger partial charge in [-0.05, 0) is 132 Å². The second kappa shape index (κ2) is 13.5. The quantitative estimate of drug-likeness (QED) is 0.164. The highest BCUT2D eigenvalue weighted by atomic mass is 15.0. The topological polar surface area (TPSA) is 9.86 Å². The smallest absolute Gasteiger partial charge is 0.0619 e. The zero-order valence-electron chi connectivity index (χ0n) is 34.8. The van der Waals surface area contributed by atoms with Crippen LogP contribution in [0.4, 0.5) is 0 Å². The lowest BCUT2D eigenvalue weighted by molar-refractivity contribution is 1.18. The van der Waals surface area contributed by atoms with Crippen LogP contribution in [0.5, 0.6) is 0 Å². The third-order valence-corrected chi connectivity index (χ3v) is 13.8. The van der Waals surface area contributed by atoms with Crippen molar-refractivity contribution in [1.29, 1.82) is 0 Å². The first-order valence-electron chi connectivity index (χ1n) is 22.2. The molecular formula is C62H38N2. The molecule has 0 bridgehead atoms. The van der Waals surface area contributed by atoms with E-state index < -0.39 is 0 Å². The van der Waals surface area contributed by atoms with Gasteiger partial charge in [-0.15, -0.1) is 0 Å². The van der Waals surface area contributed by atoms with Gasteiger partial charge in [-0.2, -0.15) is 0 Å². The number of benzene rings is 11. The van der Waals surface area contributed by atoms with Gasteiger partial charge in [0.1, 0.15) is 0 Å². The third kappa shape index (κ3) is 5.08. The highest BCUT2D eigenvalue weighted by molar-refractivity contribution is 6.20. The number of hydrogen-bond donors (Lipinski definition) is 0. The van der Waals surface area contributed by atoms with Crippen LogP contribution in [0.25, 0.3) is 132 Å². The van der Waals surface area contributed by atoms with E-state index in [4.69, 9.17) is 0 Å². The van der Waals surface area contributed by atoms with E-state index in [1.54, 1.807) is 0 Å². The van der Waals surface area contributed by atoms with E-state index in [-0.39, 0.29) is 0 Å². The summed E-state index contributed by atoms with van der Waals surface area (Å²) in [6.45, 7) is 0. The van der Waals surface area contributed by atoms with Gasteiger partial charge in [0, 0.05) is 38.3 Å². The molecule has 0 aliphatic heterocycles. The summed E-state index contributed by atoms with van der Waals surface area (Å²) in [5.74, 6) is 0. The minimum absolute atomic E-state index is 1.14. The number of aromatic nitrogens is 2. The van der Waals surface area contributed by atoms with E-state index in [1.807, 2.05) is 0 Å². The van der Waals surface area contributed by atoms with Gasteiger partial charge < -0.3 is 9.13 Å². The van der Waals surface area contributed by atoms with Gasteiger partial charge in [-0.25, -0.2) is 0 Å². The monoisotopic (exact) mass is 810 g/mol. The Morgan fingerprint density at radius 2 is 0.797 bits per heavy atom. The summed E-state index contributed by atoms with van der Waals surface area (Å²) in [6, 6.07) is 85.3. The molecule has 2 aromatic heterocycles. The summed E-state index contributed by atoms with van der Waals surface area (Å²) in [5, 5.41) is 10.1. The van der Waals surface area contributed by atoms with Crippen molar-refractivity contribution in [1.82, 2.24) is 9.13 Å². The third-order valence-electron chi connectivity index (χ3n) is 13.8. The summed E-state index contributed by atoms with van der Waals surface area (Å²) in [7, 11) is 0. The van der Waals surface area contributed by atoms with Crippen LogP contribution in [-0.2, 0) is 0 Å². The molecule has 0 fully saturated rings.